The Bertz CT molecular complexity index is 1350. The highest BCUT2D eigenvalue weighted by Crippen LogP contribution is 2.44. The number of aliphatic hydroxyl groups excluding tert-OH is 1. The van der Waals surface area contributed by atoms with E-state index in [1.54, 1.807) is 6.92 Å². The molecule has 6 N–H and O–H groups in total. The summed E-state index contributed by atoms with van der Waals surface area (Å²) < 4.78 is 28.0. The van der Waals surface area contributed by atoms with Gasteiger partial charge in [-0.05, 0) is 64.4 Å². The first kappa shape index (κ1) is 50.6. The molecule has 0 radical (unpaired) electrons. The van der Waals surface area contributed by atoms with Crippen molar-refractivity contribution in [2.24, 2.45) is 5.92 Å². The lowest BCUT2D eigenvalue weighted by atomic mass is 10.0. The van der Waals surface area contributed by atoms with E-state index >= 15 is 0 Å². The van der Waals surface area contributed by atoms with Gasteiger partial charge in [0, 0.05) is 13.1 Å². The minimum Gasteiger partial charge on any atom is -0.394 e. The minimum absolute atomic E-state index is 0.0102. The maximum atomic E-state index is 13.0. The number of carbonyl (C=O) groups excluding carboxylic acids is 5. The summed E-state index contributed by atoms with van der Waals surface area (Å²) in [5, 5.41) is 19.3. The van der Waals surface area contributed by atoms with Gasteiger partial charge in [0.1, 0.15) is 12.1 Å². The maximum Gasteiger partial charge on any atom is 0.472 e. The molecule has 0 aliphatic carbocycles. The zero-order valence-electron chi connectivity index (χ0n) is 34.3. The van der Waals surface area contributed by atoms with Gasteiger partial charge in [0.25, 0.3) is 0 Å². The first-order valence-electron chi connectivity index (χ1n) is 19.9. The van der Waals surface area contributed by atoms with Crippen LogP contribution in [0.25, 0.3) is 0 Å². The number of aryl methyl sites for hydroxylation is 1. The monoisotopic (exact) mass is 813 g/mol. The van der Waals surface area contributed by atoms with Crippen molar-refractivity contribution < 1.29 is 52.3 Å². The molecule has 5 atom stereocenters. The summed E-state index contributed by atoms with van der Waals surface area (Å²) >= 11 is 0. The molecule has 5 amide bonds. The fourth-order valence-electron chi connectivity index (χ4n) is 5.54. The number of amides is 5. The maximum absolute atomic E-state index is 13.0. The summed E-state index contributed by atoms with van der Waals surface area (Å²) in [6.45, 7) is 9.69. The van der Waals surface area contributed by atoms with Crippen LogP contribution in [-0.4, -0.2) is 115 Å². The third-order valence-electron chi connectivity index (χ3n) is 8.54. The van der Waals surface area contributed by atoms with Gasteiger partial charge in [-0.3, -0.25) is 33.0 Å². The Morgan fingerprint density at radius 2 is 1.48 bits per heavy atom. The number of hydrogen-bond donors (Lipinski definition) is 6. The Morgan fingerprint density at radius 1 is 0.821 bits per heavy atom. The number of rotatable bonds is 31. The number of ether oxygens (including phenoxy) is 1. The van der Waals surface area contributed by atoms with Crippen molar-refractivity contribution in [2.75, 3.05) is 46.0 Å². The molecule has 16 nitrogen and oxygen atoms in total. The van der Waals surface area contributed by atoms with E-state index in [4.69, 9.17) is 18.9 Å². The predicted octanol–water partition coefficient (Wildman–Crippen LogP) is 3.39. The number of hydrogen-bond acceptors (Lipinski definition) is 10. The van der Waals surface area contributed by atoms with Gasteiger partial charge in [-0.2, -0.15) is 0 Å². The van der Waals surface area contributed by atoms with Crippen LogP contribution in [0.2, 0.25) is 0 Å². The van der Waals surface area contributed by atoms with Crippen molar-refractivity contribution in [1.82, 2.24) is 26.2 Å². The number of phosphoric acid groups is 1. The summed E-state index contributed by atoms with van der Waals surface area (Å²) in [5.41, 5.74) is 1.34. The second-order valence-corrected chi connectivity index (χ2v) is 15.9. The van der Waals surface area contributed by atoms with Crippen molar-refractivity contribution in [2.45, 2.75) is 130 Å². The van der Waals surface area contributed by atoms with E-state index in [2.05, 4.69) is 33.4 Å². The molecule has 2 unspecified atom stereocenters. The molecule has 56 heavy (non-hydrogen) atoms. The van der Waals surface area contributed by atoms with Crippen molar-refractivity contribution in [3.05, 3.63) is 35.9 Å². The smallest absolute Gasteiger partial charge is 0.394 e. The van der Waals surface area contributed by atoms with Crippen LogP contribution in [0.15, 0.2) is 30.3 Å². The summed E-state index contributed by atoms with van der Waals surface area (Å²) in [6, 6.07) is 8.37. The normalized spacial score (nSPS) is 14.5. The molecule has 0 aliphatic heterocycles. The number of nitrogens with zero attached hydrogens (tertiary/aromatic N) is 1. The molecular weight excluding hydrogens is 745 g/mol. The van der Waals surface area contributed by atoms with Gasteiger partial charge in [0.15, 0.2) is 0 Å². The number of unbranched alkanes of at least 4 members (excludes halogenated alkanes) is 5. The van der Waals surface area contributed by atoms with Gasteiger partial charge in [-0.15, -0.1) is 0 Å². The van der Waals surface area contributed by atoms with Crippen molar-refractivity contribution in [3.63, 3.8) is 0 Å². The predicted molar refractivity (Wildman–Crippen MR) is 213 cm³/mol. The highest BCUT2D eigenvalue weighted by Gasteiger charge is 2.27. The van der Waals surface area contributed by atoms with Crippen LogP contribution < -0.4 is 21.3 Å². The lowest BCUT2D eigenvalue weighted by Crippen LogP contribution is -2.53. The van der Waals surface area contributed by atoms with E-state index < -0.39 is 62.3 Å². The highest BCUT2D eigenvalue weighted by molar-refractivity contribution is 7.47. The highest BCUT2D eigenvalue weighted by atomic mass is 31.2. The zero-order valence-corrected chi connectivity index (χ0v) is 35.2. The Labute approximate surface area is 333 Å². The van der Waals surface area contributed by atoms with Crippen LogP contribution in [0.5, 0.6) is 0 Å². The minimum atomic E-state index is -4.34. The Hall–Kier alpha value is -3.40. The lowest BCUT2D eigenvalue weighted by molar-refractivity contribution is -0.138. The number of nitrogens with one attached hydrogen (secondary N) is 4. The zero-order chi connectivity index (χ0) is 41.9. The van der Waals surface area contributed by atoms with Gasteiger partial charge in [0.05, 0.1) is 51.5 Å². The molecule has 0 bridgehead atoms. The topological polar surface area (TPSA) is 222 Å². The van der Waals surface area contributed by atoms with E-state index in [-0.39, 0.29) is 57.6 Å². The third-order valence-corrected chi connectivity index (χ3v) is 9.68. The standard InChI is InChI=1S/C39H68N5O11P/c1-7-21-44(37(48)20-23-53-31(5)28-45)27-36(47)43-34(24-29(2)3)39(50)41-26-35(46)42-32(6)38(49)40-25-30(4)55-56(51,52)54-22-16-11-9-8-10-13-17-33-18-14-12-15-19-33/h12,14-15,18-19,29-32,34,45H,7-11,13,16-17,20-28H2,1-6H3,(H,40,49)(H,41,50)(H,42,46)(H,43,47)(H,51,52)/t30-,31?,32+,34+/m1/s1. The van der Waals surface area contributed by atoms with E-state index in [9.17, 15) is 33.4 Å². The fraction of sp³-hybridized carbons (Fsp3) is 0.718. The van der Waals surface area contributed by atoms with Gasteiger partial charge >= 0.3 is 7.82 Å². The molecule has 0 fully saturated rings. The van der Waals surface area contributed by atoms with Gasteiger partial charge in [-0.1, -0.05) is 76.8 Å². The fourth-order valence-corrected chi connectivity index (χ4v) is 6.49. The molecule has 1 aromatic carbocycles. The number of aliphatic hydroxyl groups is 1. The van der Waals surface area contributed by atoms with Crippen molar-refractivity contribution >= 4 is 37.4 Å². The Kier molecular flexibility index (Phi) is 26.1. The molecular formula is C39H68N5O11P. The number of benzene rings is 1. The van der Waals surface area contributed by atoms with Crippen LogP contribution in [0.1, 0.15) is 105 Å². The molecule has 1 aromatic rings. The average molecular weight is 814 g/mol. The number of carbonyl (C=O) groups is 5. The van der Waals surface area contributed by atoms with Crippen molar-refractivity contribution in [3.8, 4) is 0 Å². The third kappa shape index (κ3) is 24.3. The second kappa shape index (κ2) is 28.9. The summed E-state index contributed by atoms with van der Waals surface area (Å²) in [7, 11) is -4.34. The summed E-state index contributed by atoms with van der Waals surface area (Å²) in [4.78, 5) is 75.3. The average Bonchev–Trinajstić information content (AvgIpc) is 3.14. The van der Waals surface area contributed by atoms with Crippen LogP contribution >= 0.6 is 7.82 Å². The molecule has 0 spiro atoms. The molecule has 320 valence electrons. The molecule has 1 rings (SSSR count). The number of phosphoric ester groups is 1. The quantitative estimate of drug-likeness (QED) is 0.0471. The van der Waals surface area contributed by atoms with E-state index in [0.717, 1.165) is 38.5 Å². The van der Waals surface area contributed by atoms with Gasteiger partial charge in [-0.25, -0.2) is 4.57 Å². The largest absolute Gasteiger partial charge is 0.472 e. The molecule has 0 aromatic heterocycles. The van der Waals surface area contributed by atoms with Gasteiger partial charge < -0.3 is 40.9 Å². The van der Waals surface area contributed by atoms with E-state index in [1.807, 2.05) is 39.0 Å². The van der Waals surface area contributed by atoms with Gasteiger partial charge in [0.2, 0.25) is 29.5 Å². The first-order chi connectivity index (χ1) is 26.6. The van der Waals surface area contributed by atoms with Crippen LogP contribution in [0.3, 0.4) is 0 Å². The molecule has 17 heteroatoms. The SMILES string of the molecule is CCCN(CC(=O)N[C@@H](CC(C)C)C(=O)NCC(=O)N[C@@H](C)C(=O)NC[C@@H](C)OP(=O)(O)OCCCCCCCCc1ccccc1)C(=O)CCOC(C)CO. The Balaban J connectivity index is 2.40. The Morgan fingerprint density at radius 3 is 2.12 bits per heavy atom. The van der Waals surface area contributed by atoms with Crippen molar-refractivity contribution in [1.29, 1.82) is 0 Å². The first-order valence-corrected chi connectivity index (χ1v) is 21.4. The van der Waals surface area contributed by atoms with Crippen LogP contribution in [0, 0.1) is 5.92 Å². The van der Waals surface area contributed by atoms with E-state index in [0.29, 0.717) is 19.4 Å². The molecule has 0 aliphatic rings. The van der Waals surface area contributed by atoms with Crippen LogP contribution in [-0.2, 0) is 48.7 Å². The molecule has 0 saturated carbocycles. The lowest BCUT2D eigenvalue weighted by Gasteiger charge is -2.25. The van der Waals surface area contributed by atoms with E-state index in [1.165, 1.54) is 24.3 Å². The molecule has 0 saturated heterocycles. The summed E-state index contributed by atoms with van der Waals surface area (Å²) in [6.07, 6.45) is 6.50. The van der Waals surface area contributed by atoms with Crippen LogP contribution in [0.4, 0.5) is 0 Å². The summed E-state index contributed by atoms with van der Waals surface area (Å²) in [5.74, 6) is -2.66. The second-order valence-electron chi connectivity index (χ2n) is 14.5. The molecule has 0 heterocycles.